The minimum Gasteiger partial charge on any atom is -0.345 e. The molecule has 2 aliphatic rings. The fourth-order valence-corrected chi connectivity index (χ4v) is 6.35. The third-order valence-electron chi connectivity index (χ3n) is 8.59. The van der Waals surface area contributed by atoms with Gasteiger partial charge in [0.15, 0.2) is 5.82 Å². The minimum absolute atomic E-state index is 0.0231. The van der Waals surface area contributed by atoms with Gasteiger partial charge in [-0.2, -0.15) is 5.21 Å². The van der Waals surface area contributed by atoms with Crippen LogP contribution in [0.15, 0.2) is 48.5 Å². The maximum atomic E-state index is 14.2. The van der Waals surface area contributed by atoms with Gasteiger partial charge in [-0.25, -0.2) is 4.39 Å². The van der Waals surface area contributed by atoms with Crippen molar-refractivity contribution < 1.29 is 14.0 Å². The van der Waals surface area contributed by atoms with E-state index in [0.717, 1.165) is 49.7 Å². The van der Waals surface area contributed by atoms with E-state index in [1.807, 2.05) is 12.1 Å². The first-order valence-corrected chi connectivity index (χ1v) is 14.3. The van der Waals surface area contributed by atoms with Crippen LogP contribution >= 0.6 is 0 Å². The summed E-state index contributed by atoms with van der Waals surface area (Å²) in [5.41, 5.74) is 1.83. The van der Waals surface area contributed by atoms with Gasteiger partial charge in [0.2, 0.25) is 5.91 Å². The van der Waals surface area contributed by atoms with Gasteiger partial charge in [-0.05, 0) is 79.3 Å². The van der Waals surface area contributed by atoms with Gasteiger partial charge in [0, 0.05) is 5.56 Å². The van der Waals surface area contributed by atoms with Crippen LogP contribution in [0.3, 0.4) is 0 Å². The van der Waals surface area contributed by atoms with Crippen LogP contribution in [0.4, 0.5) is 4.39 Å². The number of hydrogen-bond acceptors (Lipinski definition) is 6. The Hall–Kier alpha value is -3.66. The molecule has 0 bridgehead atoms. The summed E-state index contributed by atoms with van der Waals surface area (Å²) >= 11 is 0. The van der Waals surface area contributed by atoms with Gasteiger partial charge >= 0.3 is 0 Å². The van der Waals surface area contributed by atoms with Gasteiger partial charge in [-0.15, -0.1) is 10.2 Å². The van der Waals surface area contributed by atoms with Crippen molar-refractivity contribution in [2.75, 3.05) is 0 Å². The molecule has 0 radical (unpaired) electrons. The van der Waals surface area contributed by atoms with Crippen LogP contribution in [0.2, 0.25) is 0 Å². The van der Waals surface area contributed by atoms with Crippen molar-refractivity contribution in [2.45, 2.75) is 83.6 Å². The van der Waals surface area contributed by atoms with Crippen LogP contribution in [0.25, 0.3) is 0 Å². The third-order valence-corrected chi connectivity index (χ3v) is 8.59. The monoisotopic (exact) mass is 547 g/mol. The van der Waals surface area contributed by atoms with E-state index < -0.39 is 11.7 Å². The van der Waals surface area contributed by atoms with Crippen LogP contribution in [0.1, 0.15) is 98.7 Å². The highest BCUT2D eigenvalue weighted by Gasteiger charge is 2.54. The van der Waals surface area contributed by atoms with E-state index in [1.165, 1.54) is 12.1 Å². The van der Waals surface area contributed by atoms with Gasteiger partial charge in [-0.3, -0.25) is 14.9 Å². The summed E-state index contributed by atoms with van der Waals surface area (Å²) in [6, 6.07) is 13.1. The van der Waals surface area contributed by atoms with Gasteiger partial charge in [0.25, 0.3) is 5.91 Å². The molecule has 2 amide bonds. The Morgan fingerprint density at radius 2 is 1.82 bits per heavy atom. The second-order valence-corrected chi connectivity index (χ2v) is 11.4. The standard InChI is InChI=1S/C30H38FN7O2/c1-4-5-25(21-6-8-23(9-7-21)28(39)32-18-26-34-36-37-35-26)38-29(40)27(22-10-12-24(31)13-11-22)33-30(38)16-14-20(15-17-30)19(2)3/h6-13,19-20,25,27,33H,4-5,14-18H2,1-3H3,(H,32,39)(H,34,35,36,37). The van der Waals surface area contributed by atoms with E-state index in [0.29, 0.717) is 23.2 Å². The molecule has 2 heterocycles. The first-order valence-electron chi connectivity index (χ1n) is 14.3. The summed E-state index contributed by atoms with van der Waals surface area (Å²) in [6.45, 7) is 6.85. The fraction of sp³-hybridized carbons (Fsp3) is 0.500. The summed E-state index contributed by atoms with van der Waals surface area (Å²) in [6.07, 6.45) is 5.52. The SMILES string of the molecule is CCCC(c1ccc(C(=O)NCc2nn[nH]n2)cc1)N1C(=O)C(c2ccc(F)cc2)NC12CCC(C(C)C)CC2. The molecule has 1 aromatic heterocycles. The number of hydrogen-bond donors (Lipinski definition) is 3. The van der Waals surface area contributed by atoms with Crippen LogP contribution < -0.4 is 10.6 Å². The molecule has 3 N–H and O–H groups in total. The topological polar surface area (TPSA) is 116 Å². The Balaban J connectivity index is 1.42. The second kappa shape index (κ2) is 11.8. The van der Waals surface area contributed by atoms with Crippen molar-refractivity contribution in [3.63, 3.8) is 0 Å². The number of nitrogens with zero attached hydrogens (tertiary/aromatic N) is 4. The second-order valence-electron chi connectivity index (χ2n) is 11.4. The zero-order valence-electron chi connectivity index (χ0n) is 23.4. The number of benzene rings is 2. The minimum atomic E-state index is -0.522. The number of halogens is 1. The Bertz CT molecular complexity index is 1290. The van der Waals surface area contributed by atoms with E-state index in [2.05, 4.69) is 56.9 Å². The Morgan fingerprint density at radius 3 is 2.42 bits per heavy atom. The molecule has 2 fully saturated rings. The predicted molar refractivity (Wildman–Crippen MR) is 148 cm³/mol. The Kier molecular flexibility index (Phi) is 8.25. The van der Waals surface area contributed by atoms with E-state index in [-0.39, 0.29) is 30.2 Å². The zero-order valence-corrected chi connectivity index (χ0v) is 23.4. The van der Waals surface area contributed by atoms with Crippen molar-refractivity contribution in [1.29, 1.82) is 0 Å². The first-order chi connectivity index (χ1) is 19.3. The van der Waals surface area contributed by atoms with Crippen molar-refractivity contribution >= 4 is 11.8 Å². The van der Waals surface area contributed by atoms with Crippen molar-refractivity contribution in [1.82, 2.24) is 36.2 Å². The van der Waals surface area contributed by atoms with E-state index in [1.54, 1.807) is 24.3 Å². The molecule has 3 aromatic rings. The van der Waals surface area contributed by atoms with Crippen molar-refractivity contribution in [3.05, 3.63) is 76.9 Å². The number of amides is 2. The first kappa shape index (κ1) is 27.9. The largest absolute Gasteiger partial charge is 0.345 e. The molecule has 212 valence electrons. The van der Waals surface area contributed by atoms with Crippen LogP contribution in [-0.2, 0) is 11.3 Å². The van der Waals surface area contributed by atoms with Crippen LogP contribution in [0, 0.1) is 17.7 Å². The maximum Gasteiger partial charge on any atom is 0.251 e. The van der Waals surface area contributed by atoms with Gasteiger partial charge in [-0.1, -0.05) is 56.7 Å². The molecular formula is C30H38FN7O2. The normalized spacial score (nSPS) is 23.6. The molecular weight excluding hydrogens is 509 g/mol. The average molecular weight is 548 g/mol. The fourth-order valence-electron chi connectivity index (χ4n) is 6.35. The highest BCUT2D eigenvalue weighted by molar-refractivity contribution is 5.94. The summed E-state index contributed by atoms with van der Waals surface area (Å²) < 4.78 is 13.7. The van der Waals surface area contributed by atoms with E-state index in [9.17, 15) is 14.0 Å². The zero-order chi connectivity index (χ0) is 28.3. The molecule has 1 spiro atoms. The molecule has 5 rings (SSSR count). The smallest absolute Gasteiger partial charge is 0.251 e. The molecule has 1 aliphatic carbocycles. The molecule has 2 atom stereocenters. The lowest BCUT2D eigenvalue weighted by Gasteiger charge is -2.47. The highest BCUT2D eigenvalue weighted by Crippen LogP contribution is 2.48. The number of nitrogens with one attached hydrogen (secondary N) is 3. The van der Waals surface area contributed by atoms with Crippen molar-refractivity contribution in [2.24, 2.45) is 11.8 Å². The lowest BCUT2D eigenvalue weighted by molar-refractivity contribution is -0.137. The van der Waals surface area contributed by atoms with Gasteiger partial charge in [0.05, 0.1) is 18.2 Å². The molecule has 40 heavy (non-hydrogen) atoms. The number of carbonyl (C=O) groups is 2. The highest BCUT2D eigenvalue weighted by atomic mass is 19.1. The average Bonchev–Trinajstić information content (AvgIpc) is 3.58. The number of aromatic nitrogens is 4. The number of rotatable bonds is 9. The third kappa shape index (κ3) is 5.63. The van der Waals surface area contributed by atoms with Gasteiger partial charge < -0.3 is 10.2 Å². The number of H-pyrrole nitrogens is 1. The number of aromatic amines is 1. The Labute approximate surface area is 234 Å². The predicted octanol–water partition coefficient (Wildman–Crippen LogP) is 4.83. The lowest BCUT2D eigenvalue weighted by Crippen LogP contribution is -2.55. The van der Waals surface area contributed by atoms with Crippen molar-refractivity contribution in [3.8, 4) is 0 Å². The maximum absolute atomic E-state index is 14.2. The quantitative estimate of drug-likeness (QED) is 0.354. The molecule has 1 aliphatic heterocycles. The summed E-state index contributed by atoms with van der Waals surface area (Å²) in [7, 11) is 0. The van der Waals surface area contributed by atoms with Gasteiger partial charge in [0.1, 0.15) is 11.9 Å². The summed E-state index contributed by atoms with van der Waals surface area (Å²) in [5.74, 6) is 1.10. The lowest BCUT2D eigenvalue weighted by atomic mass is 9.75. The molecule has 10 heteroatoms. The van der Waals surface area contributed by atoms with E-state index >= 15 is 0 Å². The Morgan fingerprint density at radius 1 is 1.12 bits per heavy atom. The summed E-state index contributed by atoms with van der Waals surface area (Å²) in [5, 5.41) is 20.1. The molecule has 2 aromatic carbocycles. The number of tetrazole rings is 1. The van der Waals surface area contributed by atoms with Crippen LogP contribution in [-0.4, -0.2) is 43.0 Å². The molecule has 9 nitrogen and oxygen atoms in total. The number of carbonyl (C=O) groups excluding carboxylic acids is 2. The van der Waals surface area contributed by atoms with E-state index in [4.69, 9.17) is 0 Å². The molecule has 2 unspecified atom stereocenters. The summed E-state index contributed by atoms with van der Waals surface area (Å²) in [4.78, 5) is 29.0. The van der Waals surface area contributed by atoms with Crippen LogP contribution in [0.5, 0.6) is 0 Å². The molecule has 1 saturated carbocycles. The molecule has 1 saturated heterocycles.